The molecule has 0 aliphatic carbocycles. The van der Waals surface area contributed by atoms with Gasteiger partial charge in [0, 0.05) is 11.8 Å². The number of halogens is 3. The number of pyridine rings is 1. The van der Waals surface area contributed by atoms with E-state index in [0.29, 0.717) is 0 Å². The molecule has 0 saturated heterocycles. The number of hydrogen-bond donors (Lipinski definition) is 0. The van der Waals surface area contributed by atoms with Crippen LogP contribution in [0.25, 0.3) is 0 Å². The summed E-state index contributed by atoms with van der Waals surface area (Å²) in [6.07, 6.45) is -3.66. The van der Waals surface area contributed by atoms with E-state index in [9.17, 15) is 18.1 Å². The lowest BCUT2D eigenvalue weighted by atomic mass is 10.2. The summed E-state index contributed by atoms with van der Waals surface area (Å²) >= 11 is 4.36. The van der Waals surface area contributed by atoms with E-state index in [0.717, 1.165) is 12.3 Å². The molecule has 1 aromatic heterocycles. The monoisotopic (exact) mass is 220 g/mol. The maximum Gasteiger partial charge on any atom is 0.434 e. The third-order valence-corrected chi connectivity index (χ3v) is 1.68. The van der Waals surface area contributed by atoms with Gasteiger partial charge in [-0.3, -0.25) is 4.98 Å². The fraction of sp³-hybridized carbons (Fsp3) is 0.143. The predicted octanol–water partition coefficient (Wildman–Crippen LogP) is 2.54. The molecule has 0 amide bonds. The zero-order chi connectivity index (χ0) is 10.8. The van der Waals surface area contributed by atoms with E-state index in [1.807, 2.05) is 0 Å². The van der Waals surface area contributed by atoms with Gasteiger partial charge in [0.2, 0.25) is 0 Å². The van der Waals surface area contributed by atoms with Crippen LogP contribution in [-0.4, -0.2) is 9.97 Å². The van der Waals surface area contributed by atoms with Gasteiger partial charge in [0.1, 0.15) is 0 Å². The Morgan fingerprint density at radius 1 is 1.50 bits per heavy atom. The Morgan fingerprint density at radius 2 is 2.14 bits per heavy atom. The van der Waals surface area contributed by atoms with Crippen LogP contribution in [0, 0.1) is 4.91 Å². The molecule has 0 aliphatic rings. The number of hydrogen-bond acceptors (Lipinski definition) is 3. The van der Waals surface area contributed by atoms with Crippen LogP contribution in [0.15, 0.2) is 23.5 Å². The zero-order valence-corrected chi connectivity index (χ0v) is 7.39. The smallest absolute Gasteiger partial charge is 0.251 e. The molecule has 0 atom stereocenters. The van der Waals surface area contributed by atoms with Gasteiger partial charge in [-0.1, -0.05) is 12.2 Å². The molecular formula is C7H3F3N2OS. The molecule has 0 unspecified atom stereocenters. The fourth-order valence-electron chi connectivity index (χ4n) is 0.853. The highest BCUT2D eigenvalue weighted by atomic mass is 32.1. The SMILES string of the molecule is O=NC(=S)c1cccnc1C(F)(F)F. The number of nitrogens with zero attached hydrogens (tertiary/aromatic N) is 2. The maximum atomic E-state index is 12.3. The summed E-state index contributed by atoms with van der Waals surface area (Å²) in [4.78, 5) is 12.5. The summed E-state index contributed by atoms with van der Waals surface area (Å²) in [6, 6.07) is 2.31. The highest BCUT2D eigenvalue weighted by Gasteiger charge is 2.36. The number of aromatic nitrogens is 1. The van der Waals surface area contributed by atoms with E-state index < -0.39 is 22.4 Å². The van der Waals surface area contributed by atoms with Crippen molar-refractivity contribution in [1.82, 2.24) is 4.98 Å². The lowest BCUT2D eigenvalue weighted by molar-refractivity contribution is -0.141. The molecule has 7 heteroatoms. The third-order valence-electron chi connectivity index (χ3n) is 1.39. The van der Waals surface area contributed by atoms with E-state index in [2.05, 4.69) is 22.4 Å². The van der Waals surface area contributed by atoms with Gasteiger partial charge in [-0.25, -0.2) is 0 Å². The van der Waals surface area contributed by atoms with E-state index in [4.69, 9.17) is 0 Å². The molecule has 0 fully saturated rings. The standard InChI is InChI=1S/C7H3F3N2OS/c8-7(9,10)5-4(6(14)12-13)2-1-3-11-5/h1-3H. The lowest BCUT2D eigenvalue weighted by Crippen LogP contribution is -2.13. The molecule has 1 heterocycles. The second-order valence-electron chi connectivity index (χ2n) is 2.29. The van der Waals surface area contributed by atoms with Gasteiger partial charge in [0.15, 0.2) is 10.7 Å². The van der Waals surface area contributed by atoms with Crippen molar-refractivity contribution in [1.29, 1.82) is 0 Å². The summed E-state index contributed by atoms with van der Waals surface area (Å²) < 4.78 is 36.8. The van der Waals surface area contributed by atoms with Gasteiger partial charge < -0.3 is 0 Å². The van der Waals surface area contributed by atoms with Crippen LogP contribution in [0.3, 0.4) is 0 Å². The van der Waals surface area contributed by atoms with Gasteiger partial charge >= 0.3 is 6.18 Å². The number of nitroso groups, excluding NO2 is 1. The van der Waals surface area contributed by atoms with Gasteiger partial charge in [-0.2, -0.15) is 13.2 Å². The molecule has 14 heavy (non-hydrogen) atoms. The highest BCUT2D eigenvalue weighted by molar-refractivity contribution is 7.80. The normalized spacial score (nSPS) is 11.1. The van der Waals surface area contributed by atoms with Crippen molar-refractivity contribution in [2.75, 3.05) is 0 Å². The molecule has 0 bridgehead atoms. The maximum absolute atomic E-state index is 12.3. The summed E-state index contributed by atoms with van der Waals surface area (Å²) in [5.41, 5.74) is -1.66. The van der Waals surface area contributed by atoms with Crippen molar-refractivity contribution < 1.29 is 13.2 Å². The first-order valence-electron chi connectivity index (χ1n) is 3.36. The minimum Gasteiger partial charge on any atom is -0.251 e. The molecule has 0 saturated carbocycles. The minimum atomic E-state index is -4.63. The van der Waals surface area contributed by atoms with Crippen LogP contribution < -0.4 is 0 Å². The summed E-state index contributed by atoms with van der Waals surface area (Å²) in [7, 11) is 0. The Labute approximate surface area is 81.9 Å². The molecule has 0 radical (unpaired) electrons. The van der Waals surface area contributed by atoms with Crippen LogP contribution in [0.1, 0.15) is 11.3 Å². The van der Waals surface area contributed by atoms with Crippen molar-refractivity contribution in [3.63, 3.8) is 0 Å². The summed E-state index contributed by atoms with van der Waals surface area (Å²) in [5.74, 6) is 0. The first-order valence-corrected chi connectivity index (χ1v) is 3.77. The van der Waals surface area contributed by atoms with Crippen molar-refractivity contribution in [2.24, 2.45) is 5.18 Å². The Morgan fingerprint density at radius 3 is 2.64 bits per heavy atom. The van der Waals surface area contributed by atoms with E-state index in [-0.39, 0.29) is 0 Å². The number of alkyl halides is 3. The van der Waals surface area contributed by atoms with Crippen LogP contribution in [0.2, 0.25) is 0 Å². The molecule has 0 spiro atoms. The van der Waals surface area contributed by atoms with Crippen molar-refractivity contribution in [3.8, 4) is 0 Å². The van der Waals surface area contributed by atoms with E-state index >= 15 is 0 Å². The summed E-state index contributed by atoms with van der Waals surface area (Å²) in [6.45, 7) is 0. The average Bonchev–Trinajstić information content (AvgIpc) is 2.15. The third kappa shape index (κ3) is 2.11. The van der Waals surface area contributed by atoms with Gasteiger partial charge in [-0.05, 0) is 17.3 Å². The van der Waals surface area contributed by atoms with Crippen LogP contribution in [0.4, 0.5) is 13.2 Å². The topological polar surface area (TPSA) is 42.3 Å². The second-order valence-corrected chi connectivity index (χ2v) is 2.68. The summed E-state index contributed by atoms with van der Waals surface area (Å²) in [5, 5.41) is 2.27. The molecule has 74 valence electrons. The molecule has 1 rings (SSSR count). The molecular weight excluding hydrogens is 217 g/mol. The van der Waals surface area contributed by atoms with Gasteiger partial charge in [0.25, 0.3) is 0 Å². The Bertz CT molecular complexity index is 377. The molecule has 0 aromatic carbocycles. The number of thiocarbonyl (C=S) groups is 1. The molecule has 0 N–H and O–H groups in total. The predicted molar refractivity (Wildman–Crippen MR) is 46.7 cm³/mol. The highest BCUT2D eigenvalue weighted by Crippen LogP contribution is 2.30. The van der Waals surface area contributed by atoms with E-state index in [1.54, 1.807) is 0 Å². The minimum absolute atomic E-state index is 0.468. The second kappa shape index (κ2) is 3.79. The van der Waals surface area contributed by atoms with Gasteiger partial charge in [-0.15, -0.1) is 4.91 Å². The van der Waals surface area contributed by atoms with Crippen molar-refractivity contribution >= 4 is 17.2 Å². The van der Waals surface area contributed by atoms with Crippen LogP contribution >= 0.6 is 12.2 Å². The van der Waals surface area contributed by atoms with Crippen molar-refractivity contribution in [2.45, 2.75) is 6.18 Å². The molecule has 1 aromatic rings. The Balaban J connectivity index is 3.30. The average molecular weight is 220 g/mol. The zero-order valence-electron chi connectivity index (χ0n) is 6.58. The first kappa shape index (κ1) is 10.7. The Kier molecular flexibility index (Phi) is 2.90. The number of rotatable bonds is 1. The first-order chi connectivity index (χ1) is 6.46. The van der Waals surface area contributed by atoms with E-state index in [1.165, 1.54) is 6.07 Å². The molecule has 0 aliphatic heterocycles. The van der Waals surface area contributed by atoms with Crippen molar-refractivity contribution in [3.05, 3.63) is 34.5 Å². The van der Waals surface area contributed by atoms with Crippen LogP contribution in [-0.2, 0) is 6.18 Å². The quantitative estimate of drug-likeness (QED) is 0.539. The fourth-order valence-corrected chi connectivity index (χ4v) is 1.02. The van der Waals surface area contributed by atoms with Crippen LogP contribution in [0.5, 0.6) is 0 Å². The largest absolute Gasteiger partial charge is 0.434 e. The van der Waals surface area contributed by atoms with Gasteiger partial charge in [0.05, 0.1) is 0 Å². The lowest BCUT2D eigenvalue weighted by Gasteiger charge is -2.08. The molecule has 3 nitrogen and oxygen atoms in total. The Hall–Kier alpha value is -1.37.